The van der Waals surface area contributed by atoms with Crippen LogP contribution in [0.25, 0.3) is 0 Å². The first-order valence-corrected chi connectivity index (χ1v) is 9.54. The Morgan fingerprint density at radius 1 is 0.917 bits per heavy atom. The molecule has 0 bridgehead atoms. The van der Waals surface area contributed by atoms with Crippen LogP contribution >= 0.6 is 11.3 Å². The molecule has 7 heteroatoms. The second-order valence-electron chi connectivity index (χ2n) is 5.09. The highest BCUT2D eigenvalue weighted by Crippen LogP contribution is 2.21. The summed E-state index contributed by atoms with van der Waals surface area (Å²) in [6.07, 6.45) is 0. The summed E-state index contributed by atoms with van der Waals surface area (Å²) in [7, 11) is -3.53. The molecule has 4 nitrogen and oxygen atoms in total. The number of rotatable bonds is 6. The van der Waals surface area contributed by atoms with Crippen molar-refractivity contribution in [3.8, 4) is 0 Å². The molecule has 24 heavy (non-hydrogen) atoms. The SMILES string of the molecule is O=S(=O)(Nc1ccc(NCc2ccc(F)cc2)cc1)c1cccs1. The van der Waals surface area contributed by atoms with Crippen molar-refractivity contribution in [3.63, 3.8) is 0 Å². The molecule has 0 saturated heterocycles. The summed E-state index contributed by atoms with van der Waals surface area (Å²) < 4.78 is 40.0. The van der Waals surface area contributed by atoms with E-state index in [-0.39, 0.29) is 10.0 Å². The lowest BCUT2D eigenvalue weighted by atomic mass is 10.2. The van der Waals surface area contributed by atoms with Gasteiger partial charge in [0.25, 0.3) is 10.0 Å². The first-order chi connectivity index (χ1) is 11.5. The van der Waals surface area contributed by atoms with Gasteiger partial charge in [0.1, 0.15) is 10.0 Å². The third kappa shape index (κ3) is 4.12. The number of hydrogen-bond donors (Lipinski definition) is 2. The fraction of sp³-hybridized carbons (Fsp3) is 0.0588. The summed E-state index contributed by atoms with van der Waals surface area (Å²) in [6, 6.07) is 16.5. The van der Waals surface area contributed by atoms with Crippen molar-refractivity contribution >= 4 is 32.7 Å². The van der Waals surface area contributed by atoms with Crippen molar-refractivity contribution in [2.45, 2.75) is 10.8 Å². The van der Waals surface area contributed by atoms with Crippen LogP contribution in [0, 0.1) is 5.82 Å². The van der Waals surface area contributed by atoms with Gasteiger partial charge in [-0.15, -0.1) is 11.3 Å². The molecular weight excluding hydrogens is 347 g/mol. The standard InChI is InChI=1S/C17H15FN2O2S2/c18-14-5-3-13(4-6-14)12-19-15-7-9-16(10-8-15)20-24(21,22)17-2-1-11-23-17/h1-11,19-20H,12H2. The van der Waals surface area contributed by atoms with Crippen molar-refractivity contribution < 1.29 is 12.8 Å². The van der Waals surface area contributed by atoms with E-state index in [2.05, 4.69) is 10.0 Å². The molecule has 1 aromatic heterocycles. The Kier molecular flexibility index (Phi) is 4.82. The first kappa shape index (κ1) is 16.5. The zero-order valence-electron chi connectivity index (χ0n) is 12.6. The van der Waals surface area contributed by atoms with Gasteiger partial charge in [0.2, 0.25) is 0 Å². The maximum absolute atomic E-state index is 12.9. The zero-order valence-corrected chi connectivity index (χ0v) is 14.2. The number of thiophene rings is 1. The van der Waals surface area contributed by atoms with E-state index in [1.807, 2.05) is 0 Å². The minimum Gasteiger partial charge on any atom is -0.381 e. The smallest absolute Gasteiger partial charge is 0.271 e. The van der Waals surface area contributed by atoms with E-state index in [1.54, 1.807) is 53.9 Å². The molecular formula is C17H15FN2O2S2. The molecule has 3 aromatic rings. The van der Waals surface area contributed by atoms with Crippen LogP contribution in [0.3, 0.4) is 0 Å². The normalized spacial score (nSPS) is 11.2. The lowest BCUT2D eigenvalue weighted by Crippen LogP contribution is -2.11. The van der Waals surface area contributed by atoms with Crippen LogP contribution < -0.4 is 10.0 Å². The van der Waals surface area contributed by atoms with Gasteiger partial charge in [-0.25, -0.2) is 12.8 Å². The van der Waals surface area contributed by atoms with Crippen molar-refractivity contribution in [1.29, 1.82) is 0 Å². The van der Waals surface area contributed by atoms with Crippen molar-refractivity contribution in [2.75, 3.05) is 10.0 Å². The highest BCUT2D eigenvalue weighted by atomic mass is 32.2. The van der Waals surface area contributed by atoms with Gasteiger partial charge in [0, 0.05) is 17.9 Å². The Morgan fingerprint density at radius 2 is 1.58 bits per heavy atom. The summed E-state index contributed by atoms with van der Waals surface area (Å²) in [6.45, 7) is 0.556. The summed E-state index contributed by atoms with van der Waals surface area (Å²) in [4.78, 5) is 0. The molecule has 0 fully saturated rings. The highest BCUT2D eigenvalue weighted by Gasteiger charge is 2.14. The molecule has 124 valence electrons. The molecule has 3 rings (SSSR count). The van der Waals surface area contributed by atoms with Gasteiger partial charge in [0.05, 0.1) is 0 Å². The number of hydrogen-bond acceptors (Lipinski definition) is 4. The average molecular weight is 362 g/mol. The molecule has 0 atom stereocenters. The van der Waals surface area contributed by atoms with Crippen molar-refractivity contribution in [3.05, 3.63) is 77.4 Å². The van der Waals surface area contributed by atoms with Gasteiger partial charge >= 0.3 is 0 Å². The lowest BCUT2D eigenvalue weighted by molar-refractivity contribution is 0.603. The predicted octanol–water partition coefficient (Wildman–Crippen LogP) is 4.30. The Balaban J connectivity index is 1.62. The topological polar surface area (TPSA) is 58.2 Å². The summed E-state index contributed by atoms with van der Waals surface area (Å²) in [5.74, 6) is -0.263. The maximum Gasteiger partial charge on any atom is 0.271 e. The molecule has 0 aliphatic rings. The van der Waals surface area contributed by atoms with E-state index in [4.69, 9.17) is 0 Å². The Hall–Kier alpha value is -2.38. The van der Waals surface area contributed by atoms with Gasteiger partial charge < -0.3 is 5.32 Å². The van der Waals surface area contributed by atoms with E-state index < -0.39 is 10.0 Å². The molecule has 0 radical (unpaired) electrons. The molecule has 2 aromatic carbocycles. The summed E-state index contributed by atoms with van der Waals surface area (Å²) >= 11 is 1.17. The summed E-state index contributed by atoms with van der Waals surface area (Å²) in [5.41, 5.74) is 2.30. The highest BCUT2D eigenvalue weighted by molar-refractivity contribution is 7.94. The fourth-order valence-electron chi connectivity index (χ4n) is 2.08. The monoisotopic (exact) mass is 362 g/mol. The molecule has 0 saturated carbocycles. The zero-order chi connectivity index (χ0) is 17.0. The van der Waals surface area contributed by atoms with Gasteiger partial charge in [-0.2, -0.15) is 0 Å². The van der Waals surface area contributed by atoms with Gasteiger partial charge in [-0.1, -0.05) is 18.2 Å². The molecule has 2 N–H and O–H groups in total. The van der Waals surface area contributed by atoms with Crippen LogP contribution in [-0.2, 0) is 16.6 Å². The second-order valence-corrected chi connectivity index (χ2v) is 7.95. The number of sulfonamides is 1. The quantitative estimate of drug-likeness (QED) is 0.687. The van der Waals surface area contributed by atoms with Crippen molar-refractivity contribution in [2.24, 2.45) is 0 Å². The Morgan fingerprint density at radius 3 is 2.21 bits per heavy atom. The minimum atomic E-state index is -3.53. The Bertz CT molecular complexity index is 891. The van der Waals surface area contributed by atoms with Gasteiger partial charge in [0.15, 0.2) is 0 Å². The van der Waals surface area contributed by atoms with Crippen LogP contribution in [0.15, 0.2) is 70.3 Å². The van der Waals surface area contributed by atoms with E-state index in [0.717, 1.165) is 11.3 Å². The van der Waals surface area contributed by atoms with Gasteiger partial charge in [-0.05, 0) is 53.4 Å². The maximum atomic E-state index is 12.9. The molecule has 0 spiro atoms. The predicted molar refractivity (Wildman–Crippen MR) is 95.3 cm³/mol. The molecule has 0 aliphatic carbocycles. The Labute approximate surface area is 144 Å². The van der Waals surface area contributed by atoms with Crippen molar-refractivity contribution in [1.82, 2.24) is 0 Å². The second kappa shape index (κ2) is 7.02. The number of nitrogens with one attached hydrogen (secondary N) is 2. The van der Waals surface area contributed by atoms with Crippen LogP contribution in [0.5, 0.6) is 0 Å². The fourth-order valence-corrected chi connectivity index (χ4v) is 4.14. The van der Waals surface area contributed by atoms with Crippen LogP contribution in [-0.4, -0.2) is 8.42 Å². The molecule has 1 heterocycles. The van der Waals surface area contributed by atoms with Crippen LogP contribution in [0.2, 0.25) is 0 Å². The van der Waals surface area contributed by atoms with Crippen LogP contribution in [0.4, 0.5) is 15.8 Å². The van der Waals surface area contributed by atoms with E-state index in [1.165, 1.54) is 23.5 Å². The first-order valence-electron chi connectivity index (χ1n) is 7.18. The number of halogens is 1. The van der Waals surface area contributed by atoms with E-state index in [9.17, 15) is 12.8 Å². The third-order valence-electron chi connectivity index (χ3n) is 3.31. The third-order valence-corrected chi connectivity index (χ3v) is 6.09. The lowest BCUT2D eigenvalue weighted by Gasteiger charge is -2.09. The number of anilines is 2. The van der Waals surface area contributed by atoms with Crippen LogP contribution in [0.1, 0.15) is 5.56 Å². The van der Waals surface area contributed by atoms with E-state index in [0.29, 0.717) is 12.2 Å². The molecule has 0 unspecified atom stereocenters. The molecule has 0 aliphatic heterocycles. The minimum absolute atomic E-state index is 0.263. The molecule has 0 amide bonds. The summed E-state index contributed by atoms with van der Waals surface area (Å²) in [5, 5.41) is 4.92. The number of benzene rings is 2. The average Bonchev–Trinajstić information content (AvgIpc) is 3.11. The van der Waals surface area contributed by atoms with Gasteiger partial charge in [-0.3, -0.25) is 4.72 Å². The van der Waals surface area contributed by atoms with E-state index >= 15 is 0 Å². The largest absolute Gasteiger partial charge is 0.381 e.